The monoisotopic (exact) mass is 262 g/mol. The van der Waals surface area contributed by atoms with Gasteiger partial charge >= 0.3 is 0 Å². The summed E-state index contributed by atoms with van der Waals surface area (Å²) in [6, 6.07) is 13.0. The van der Waals surface area contributed by atoms with Crippen LogP contribution in [0.4, 0.5) is 5.69 Å². The summed E-state index contributed by atoms with van der Waals surface area (Å²) in [5.41, 5.74) is 5.20. The third-order valence-electron chi connectivity index (χ3n) is 4.26. The molecule has 0 atom stereocenters. The first-order valence-corrected chi connectivity index (χ1v) is 7.45. The van der Waals surface area contributed by atoms with Crippen molar-refractivity contribution < 1.29 is 0 Å². The molecule has 2 aromatic carbocycles. The van der Waals surface area contributed by atoms with Crippen molar-refractivity contribution in [2.24, 2.45) is 0 Å². The molecular weight excluding hydrogens is 244 g/mol. The average molecular weight is 262 g/mol. The predicted molar refractivity (Wildman–Crippen MR) is 85.4 cm³/mol. The lowest BCUT2D eigenvalue weighted by Gasteiger charge is -2.14. The Bertz CT molecular complexity index is 805. The maximum Gasteiger partial charge on any atom is 0.0804 e. The number of nitrogens with zero attached hydrogens (tertiary/aromatic N) is 1. The lowest BCUT2D eigenvalue weighted by Crippen LogP contribution is -2.03. The molecular formula is C18H18N2. The Morgan fingerprint density at radius 2 is 1.95 bits per heavy atom. The maximum atomic E-state index is 4.99. The fourth-order valence-electron chi connectivity index (χ4n) is 3.37. The minimum Gasteiger partial charge on any atom is -0.384 e. The largest absolute Gasteiger partial charge is 0.384 e. The highest BCUT2D eigenvalue weighted by atomic mass is 14.9. The van der Waals surface area contributed by atoms with Gasteiger partial charge in [0.05, 0.1) is 5.52 Å². The van der Waals surface area contributed by atoms with Gasteiger partial charge in [-0.25, -0.2) is 0 Å². The second kappa shape index (κ2) is 4.48. The van der Waals surface area contributed by atoms with Crippen LogP contribution < -0.4 is 5.32 Å². The minimum atomic E-state index is 0.957. The van der Waals surface area contributed by atoms with Crippen LogP contribution in [-0.4, -0.2) is 11.5 Å². The zero-order valence-electron chi connectivity index (χ0n) is 11.7. The second-order valence-corrected chi connectivity index (χ2v) is 5.48. The minimum absolute atomic E-state index is 0.957. The summed E-state index contributed by atoms with van der Waals surface area (Å²) in [6.07, 6.45) is 3.51. The number of aryl methyl sites for hydroxylation is 1. The Morgan fingerprint density at radius 1 is 1.05 bits per heavy atom. The highest BCUT2D eigenvalue weighted by Crippen LogP contribution is 2.36. The second-order valence-electron chi connectivity index (χ2n) is 5.48. The van der Waals surface area contributed by atoms with Gasteiger partial charge in [-0.2, -0.15) is 0 Å². The van der Waals surface area contributed by atoms with Crippen molar-refractivity contribution in [3.63, 3.8) is 0 Å². The van der Waals surface area contributed by atoms with Crippen molar-refractivity contribution >= 4 is 27.4 Å². The Balaban J connectivity index is 2.15. The SMILES string of the molecule is CCNc1c2c(nc3c1ccc1ccccc13)CCC2. The van der Waals surface area contributed by atoms with Crippen LogP contribution in [0.5, 0.6) is 0 Å². The Labute approximate surface area is 118 Å². The van der Waals surface area contributed by atoms with E-state index >= 15 is 0 Å². The van der Waals surface area contributed by atoms with Crippen molar-refractivity contribution in [2.45, 2.75) is 26.2 Å². The topological polar surface area (TPSA) is 24.9 Å². The van der Waals surface area contributed by atoms with E-state index in [1.807, 2.05) is 0 Å². The van der Waals surface area contributed by atoms with E-state index in [1.165, 1.54) is 39.5 Å². The van der Waals surface area contributed by atoms with Crippen LogP contribution in [0.1, 0.15) is 24.6 Å². The molecule has 1 aromatic heterocycles. The molecule has 1 aliphatic carbocycles. The van der Waals surface area contributed by atoms with Crippen LogP contribution in [0.25, 0.3) is 21.7 Å². The fourth-order valence-corrected chi connectivity index (χ4v) is 3.37. The molecule has 0 fully saturated rings. The van der Waals surface area contributed by atoms with Gasteiger partial charge in [0.1, 0.15) is 0 Å². The lowest BCUT2D eigenvalue weighted by molar-refractivity contribution is 0.901. The van der Waals surface area contributed by atoms with E-state index in [9.17, 15) is 0 Å². The van der Waals surface area contributed by atoms with Gasteiger partial charge in [0, 0.05) is 28.7 Å². The first kappa shape index (κ1) is 11.7. The summed E-state index contributed by atoms with van der Waals surface area (Å²) >= 11 is 0. The van der Waals surface area contributed by atoms with Crippen LogP contribution >= 0.6 is 0 Å². The molecule has 0 saturated heterocycles. The number of benzene rings is 2. The molecule has 2 nitrogen and oxygen atoms in total. The van der Waals surface area contributed by atoms with Gasteiger partial charge in [0.15, 0.2) is 0 Å². The number of hydrogen-bond donors (Lipinski definition) is 1. The number of rotatable bonds is 2. The Morgan fingerprint density at radius 3 is 2.85 bits per heavy atom. The third kappa shape index (κ3) is 1.61. The molecule has 0 unspecified atom stereocenters. The zero-order chi connectivity index (χ0) is 13.5. The summed E-state index contributed by atoms with van der Waals surface area (Å²) in [4.78, 5) is 4.99. The van der Waals surface area contributed by atoms with Crippen molar-refractivity contribution in [1.82, 2.24) is 4.98 Å². The molecule has 2 heteroatoms. The van der Waals surface area contributed by atoms with Crippen molar-refractivity contribution in [2.75, 3.05) is 11.9 Å². The molecule has 0 amide bonds. The summed E-state index contributed by atoms with van der Waals surface area (Å²) in [6.45, 7) is 3.12. The number of hydrogen-bond acceptors (Lipinski definition) is 2. The number of aromatic nitrogens is 1. The lowest BCUT2D eigenvalue weighted by atomic mass is 10.0. The molecule has 1 aliphatic rings. The van der Waals surface area contributed by atoms with Crippen LogP contribution in [0.2, 0.25) is 0 Å². The van der Waals surface area contributed by atoms with Gasteiger partial charge in [-0.15, -0.1) is 0 Å². The molecule has 1 heterocycles. The summed E-state index contributed by atoms with van der Waals surface area (Å²) in [5, 5.41) is 7.38. The van der Waals surface area contributed by atoms with E-state index in [1.54, 1.807) is 0 Å². The molecule has 20 heavy (non-hydrogen) atoms. The third-order valence-corrected chi connectivity index (χ3v) is 4.26. The molecule has 3 aromatic rings. The van der Waals surface area contributed by atoms with E-state index in [0.717, 1.165) is 24.9 Å². The summed E-state index contributed by atoms with van der Waals surface area (Å²) in [5.74, 6) is 0. The Kier molecular flexibility index (Phi) is 2.62. The maximum absolute atomic E-state index is 4.99. The van der Waals surface area contributed by atoms with Gasteiger partial charge < -0.3 is 5.32 Å². The van der Waals surface area contributed by atoms with Crippen molar-refractivity contribution in [1.29, 1.82) is 0 Å². The fraction of sp³-hybridized carbons (Fsp3) is 0.278. The quantitative estimate of drug-likeness (QED) is 0.696. The van der Waals surface area contributed by atoms with E-state index in [4.69, 9.17) is 4.98 Å². The van der Waals surface area contributed by atoms with Crippen LogP contribution in [0.15, 0.2) is 36.4 Å². The van der Waals surface area contributed by atoms with Gasteiger partial charge in [-0.3, -0.25) is 4.98 Å². The van der Waals surface area contributed by atoms with Crippen LogP contribution in [0, 0.1) is 0 Å². The van der Waals surface area contributed by atoms with E-state index in [0.29, 0.717) is 0 Å². The van der Waals surface area contributed by atoms with E-state index in [-0.39, 0.29) is 0 Å². The number of pyridine rings is 1. The van der Waals surface area contributed by atoms with Gasteiger partial charge in [0.2, 0.25) is 0 Å². The number of anilines is 1. The molecule has 0 aliphatic heterocycles. The summed E-state index contributed by atoms with van der Waals surface area (Å²) in [7, 11) is 0. The van der Waals surface area contributed by atoms with Gasteiger partial charge in [-0.05, 0) is 37.1 Å². The number of nitrogens with one attached hydrogen (secondary N) is 1. The Hall–Kier alpha value is -2.09. The van der Waals surface area contributed by atoms with Crippen LogP contribution in [0.3, 0.4) is 0 Å². The van der Waals surface area contributed by atoms with E-state index in [2.05, 4.69) is 48.6 Å². The molecule has 1 N–H and O–H groups in total. The van der Waals surface area contributed by atoms with Gasteiger partial charge in [-0.1, -0.05) is 36.4 Å². The van der Waals surface area contributed by atoms with Gasteiger partial charge in [0.25, 0.3) is 0 Å². The smallest absolute Gasteiger partial charge is 0.0804 e. The van der Waals surface area contributed by atoms with Crippen LogP contribution in [-0.2, 0) is 12.8 Å². The molecule has 0 saturated carbocycles. The molecule has 0 bridgehead atoms. The highest BCUT2D eigenvalue weighted by Gasteiger charge is 2.19. The predicted octanol–water partition coefficient (Wildman–Crippen LogP) is 4.31. The summed E-state index contributed by atoms with van der Waals surface area (Å²) < 4.78 is 0. The molecule has 0 spiro atoms. The van der Waals surface area contributed by atoms with Crippen molar-refractivity contribution in [3.05, 3.63) is 47.7 Å². The average Bonchev–Trinajstić information content (AvgIpc) is 2.95. The molecule has 0 radical (unpaired) electrons. The van der Waals surface area contributed by atoms with Crippen molar-refractivity contribution in [3.8, 4) is 0 Å². The zero-order valence-corrected chi connectivity index (χ0v) is 11.7. The first-order chi connectivity index (χ1) is 9.88. The normalized spacial score (nSPS) is 13.8. The highest BCUT2D eigenvalue weighted by molar-refractivity contribution is 6.09. The van der Waals surface area contributed by atoms with E-state index < -0.39 is 0 Å². The molecule has 100 valence electrons. The standard InChI is InChI=1S/C18H18N2/c1-2-19-17-14-8-5-9-16(14)20-18-13-7-4-3-6-12(13)10-11-15(17)18/h3-4,6-7,10-11H,2,5,8-9H2,1H3,(H,19,20). The number of fused-ring (bicyclic) bond motifs is 4. The molecule has 4 rings (SSSR count). The first-order valence-electron chi connectivity index (χ1n) is 7.45.